The van der Waals surface area contributed by atoms with Crippen LogP contribution in [0.15, 0.2) is 12.1 Å². The van der Waals surface area contributed by atoms with E-state index in [4.69, 9.17) is 5.73 Å². The van der Waals surface area contributed by atoms with E-state index in [-0.39, 0.29) is 11.8 Å². The van der Waals surface area contributed by atoms with Gasteiger partial charge in [-0.25, -0.2) is 4.98 Å². The third-order valence-electron chi connectivity index (χ3n) is 5.24. The van der Waals surface area contributed by atoms with Crippen LogP contribution < -0.4 is 5.73 Å². The monoisotopic (exact) mass is 352 g/mol. The molecule has 1 saturated carbocycles. The number of carbonyl (C=O) groups excluding carboxylic acids is 1. The van der Waals surface area contributed by atoms with Gasteiger partial charge < -0.3 is 10.6 Å². The summed E-state index contributed by atoms with van der Waals surface area (Å²) in [7, 11) is 0. The number of aromatic nitrogens is 1. The number of anilines is 1. The number of aryl methyl sites for hydroxylation is 1. The standard InChI is InChI=1S/C19H20N4OS/c1-11-5-6-16(25-11)17-13(9-20)18(21)22-15-7-8-23(10-14(15)17)19(24)12-3-2-4-12/h5-6,12H,2-4,7-8,10H2,1H3,(H2,21,22). The van der Waals surface area contributed by atoms with Crippen molar-refractivity contribution >= 4 is 23.1 Å². The van der Waals surface area contributed by atoms with Crippen molar-refractivity contribution < 1.29 is 4.79 Å². The second-order valence-electron chi connectivity index (χ2n) is 6.83. The lowest BCUT2D eigenvalue weighted by atomic mass is 9.83. The van der Waals surface area contributed by atoms with Crippen molar-refractivity contribution in [1.82, 2.24) is 9.88 Å². The number of nitrogens with two attached hydrogens (primary N) is 1. The molecule has 0 bridgehead atoms. The zero-order valence-corrected chi connectivity index (χ0v) is 15.0. The lowest BCUT2D eigenvalue weighted by Crippen LogP contribution is -2.42. The van der Waals surface area contributed by atoms with Crippen molar-refractivity contribution in [3.8, 4) is 16.5 Å². The van der Waals surface area contributed by atoms with Crippen LogP contribution in [0.25, 0.3) is 10.4 Å². The topological polar surface area (TPSA) is 83.0 Å². The number of fused-ring (bicyclic) bond motifs is 1. The second-order valence-corrected chi connectivity index (χ2v) is 8.12. The lowest BCUT2D eigenvalue weighted by molar-refractivity contribution is -0.139. The predicted octanol–water partition coefficient (Wildman–Crippen LogP) is 3.26. The Morgan fingerprint density at radius 3 is 2.84 bits per heavy atom. The van der Waals surface area contributed by atoms with Crippen molar-refractivity contribution in [3.63, 3.8) is 0 Å². The summed E-state index contributed by atoms with van der Waals surface area (Å²) in [5, 5.41) is 9.63. The van der Waals surface area contributed by atoms with Crippen LogP contribution in [-0.2, 0) is 17.8 Å². The molecule has 2 aliphatic rings. The SMILES string of the molecule is Cc1ccc(-c2c(C#N)c(N)nc3c2CN(C(=O)C2CCC2)CC3)s1. The number of amides is 1. The Morgan fingerprint density at radius 2 is 2.24 bits per heavy atom. The molecule has 0 aromatic carbocycles. The fraction of sp³-hybridized carbons (Fsp3) is 0.421. The van der Waals surface area contributed by atoms with E-state index in [0.717, 1.165) is 41.0 Å². The molecule has 2 aromatic heterocycles. The summed E-state index contributed by atoms with van der Waals surface area (Å²) < 4.78 is 0. The first-order valence-corrected chi connectivity index (χ1v) is 9.47. The molecule has 1 aliphatic carbocycles. The quantitative estimate of drug-likeness (QED) is 0.899. The molecule has 4 rings (SSSR count). The highest BCUT2D eigenvalue weighted by Crippen LogP contribution is 2.39. The molecule has 2 N–H and O–H groups in total. The average molecular weight is 352 g/mol. The third-order valence-corrected chi connectivity index (χ3v) is 6.26. The summed E-state index contributed by atoms with van der Waals surface area (Å²) in [5.41, 5.74) is 9.28. The van der Waals surface area contributed by atoms with Gasteiger partial charge in [0.25, 0.3) is 0 Å². The van der Waals surface area contributed by atoms with Gasteiger partial charge in [0.05, 0.1) is 5.69 Å². The summed E-state index contributed by atoms with van der Waals surface area (Å²) in [6, 6.07) is 6.30. The Morgan fingerprint density at radius 1 is 1.44 bits per heavy atom. The van der Waals surface area contributed by atoms with Crippen molar-refractivity contribution in [2.24, 2.45) is 5.92 Å². The highest BCUT2D eigenvalue weighted by molar-refractivity contribution is 7.15. The Hall–Kier alpha value is -2.39. The van der Waals surface area contributed by atoms with Crippen molar-refractivity contribution in [3.05, 3.63) is 33.8 Å². The van der Waals surface area contributed by atoms with E-state index >= 15 is 0 Å². The van der Waals surface area contributed by atoms with Crippen LogP contribution in [0.1, 0.15) is 41.0 Å². The molecule has 0 radical (unpaired) electrons. The fourth-order valence-corrected chi connectivity index (χ4v) is 4.58. The van der Waals surface area contributed by atoms with Crippen LogP contribution >= 0.6 is 11.3 Å². The van der Waals surface area contributed by atoms with Gasteiger partial charge in [0, 0.05) is 46.3 Å². The minimum absolute atomic E-state index is 0.186. The van der Waals surface area contributed by atoms with Crippen LogP contribution in [0, 0.1) is 24.2 Å². The van der Waals surface area contributed by atoms with Gasteiger partial charge in [0.1, 0.15) is 17.5 Å². The van der Waals surface area contributed by atoms with Gasteiger partial charge in [-0.15, -0.1) is 11.3 Å². The van der Waals surface area contributed by atoms with E-state index < -0.39 is 0 Å². The molecule has 1 aliphatic heterocycles. The largest absolute Gasteiger partial charge is 0.383 e. The van der Waals surface area contributed by atoms with Gasteiger partial charge in [-0.1, -0.05) is 6.42 Å². The molecule has 6 heteroatoms. The van der Waals surface area contributed by atoms with E-state index in [1.165, 1.54) is 4.88 Å². The first-order valence-electron chi connectivity index (χ1n) is 8.65. The first kappa shape index (κ1) is 16.1. The van der Waals surface area contributed by atoms with Gasteiger partial charge >= 0.3 is 0 Å². The number of nitriles is 1. The highest BCUT2D eigenvalue weighted by atomic mass is 32.1. The average Bonchev–Trinajstić information content (AvgIpc) is 2.97. The third kappa shape index (κ3) is 2.69. The van der Waals surface area contributed by atoms with Gasteiger partial charge in [0.2, 0.25) is 5.91 Å². The van der Waals surface area contributed by atoms with Gasteiger partial charge in [-0.2, -0.15) is 5.26 Å². The number of hydrogen-bond donors (Lipinski definition) is 1. The second kappa shape index (κ2) is 6.16. The van der Waals surface area contributed by atoms with Crippen molar-refractivity contribution in [1.29, 1.82) is 5.26 Å². The van der Waals surface area contributed by atoms with Crippen LogP contribution in [0.3, 0.4) is 0 Å². The number of thiophene rings is 1. The molecule has 3 heterocycles. The molecule has 5 nitrogen and oxygen atoms in total. The summed E-state index contributed by atoms with van der Waals surface area (Å²) >= 11 is 1.65. The zero-order valence-electron chi connectivity index (χ0n) is 14.2. The normalized spacial score (nSPS) is 16.9. The van der Waals surface area contributed by atoms with Crippen molar-refractivity contribution in [2.75, 3.05) is 12.3 Å². The molecular formula is C19H20N4OS. The number of carbonyl (C=O) groups is 1. The van der Waals surface area contributed by atoms with E-state index in [9.17, 15) is 10.1 Å². The molecular weight excluding hydrogens is 332 g/mol. The predicted molar refractivity (Wildman–Crippen MR) is 97.9 cm³/mol. The Kier molecular flexibility index (Phi) is 3.97. The molecule has 0 unspecified atom stereocenters. The highest BCUT2D eigenvalue weighted by Gasteiger charge is 2.33. The molecule has 25 heavy (non-hydrogen) atoms. The molecule has 0 saturated heterocycles. The smallest absolute Gasteiger partial charge is 0.225 e. The van der Waals surface area contributed by atoms with Gasteiger partial charge in [0.15, 0.2) is 0 Å². The van der Waals surface area contributed by atoms with E-state index in [1.54, 1.807) is 11.3 Å². The maximum atomic E-state index is 12.7. The van der Waals surface area contributed by atoms with Gasteiger partial charge in [-0.05, 0) is 31.9 Å². The maximum Gasteiger partial charge on any atom is 0.225 e. The number of rotatable bonds is 2. The van der Waals surface area contributed by atoms with E-state index in [1.807, 2.05) is 24.0 Å². The molecule has 1 fully saturated rings. The minimum atomic E-state index is 0.186. The van der Waals surface area contributed by atoms with Crippen LogP contribution in [0.5, 0.6) is 0 Å². The zero-order chi connectivity index (χ0) is 17.6. The van der Waals surface area contributed by atoms with E-state index in [0.29, 0.717) is 30.9 Å². The summed E-state index contributed by atoms with van der Waals surface area (Å²) in [6.45, 7) is 3.26. The maximum absolute atomic E-state index is 12.7. The molecule has 0 atom stereocenters. The number of hydrogen-bond acceptors (Lipinski definition) is 5. The number of nitrogens with zero attached hydrogens (tertiary/aromatic N) is 3. The van der Waals surface area contributed by atoms with Crippen LogP contribution in [-0.4, -0.2) is 22.3 Å². The van der Waals surface area contributed by atoms with Crippen LogP contribution in [0.4, 0.5) is 5.82 Å². The minimum Gasteiger partial charge on any atom is -0.383 e. The molecule has 128 valence electrons. The molecule has 0 spiro atoms. The number of nitrogen functional groups attached to an aromatic ring is 1. The molecule has 2 aromatic rings. The first-order chi connectivity index (χ1) is 12.1. The summed E-state index contributed by atoms with van der Waals surface area (Å²) in [5.74, 6) is 0.729. The Labute approximate surface area is 151 Å². The molecule has 1 amide bonds. The van der Waals surface area contributed by atoms with Crippen LogP contribution in [0.2, 0.25) is 0 Å². The summed E-state index contributed by atoms with van der Waals surface area (Å²) in [4.78, 5) is 21.3. The summed E-state index contributed by atoms with van der Waals surface area (Å²) in [6.07, 6.45) is 3.85. The number of pyridine rings is 1. The van der Waals surface area contributed by atoms with Gasteiger partial charge in [-0.3, -0.25) is 4.79 Å². The fourth-order valence-electron chi connectivity index (χ4n) is 3.64. The lowest BCUT2D eigenvalue weighted by Gasteiger charge is -2.35. The Balaban J connectivity index is 1.80. The van der Waals surface area contributed by atoms with E-state index in [2.05, 4.69) is 11.1 Å². The van der Waals surface area contributed by atoms with Crippen molar-refractivity contribution in [2.45, 2.75) is 39.2 Å². The Bertz CT molecular complexity index is 892.